The maximum atomic E-state index is 12.9. The molecular formula is C17H13F3N4O2S. The summed E-state index contributed by atoms with van der Waals surface area (Å²) in [5.74, 6) is -0.596. The number of rotatable bonds is 5. The van der Waals surface area contributed by atoms with Crippen molar-refractivity contribution in [1.82, 2.24) is 14.6 Å². The van der Waals surface area contributed by atoms with Crippen molar-refractivity contribution in [2.45, 2.75) is 18.3 Å². The number of nitrogens with one attached hydrogen (secondary N) is 1. The molecule has 2 aromatic heterocycles. The van der Waals surface area contributed by atoms with Crippen LogP contribution >= 0.6 is 11.8 Å². The fourth-order valence-corrected chi connectivity index (χ4v) is 3.00. The van der Waals surface area contributed by atoms with Crippen molar-refractivity contribution in [2.24, 2.45) is 0 Å². The molecule has 3 aromatic rings. The minimum absolute atomic E-state index is 0.0820. The van der Waals surface area contributed by atoms with Crippen LogP contribution in [0, 0.1) is 0 Å². The number of thioether (sulfide) groups is 1. The lowest BCUT2D eigenvalue weighted by Gasteiger charge is -2.08. The first kappa shape index (κ1) is 18.9. The van der Waals surface area contributed by atoms with Gasteiger partial charge in [0, 0.05) is 17.4 Å². The first-order chi connectivity index (χ1) is 12.7. The standard InChI is InChI=1S/C17H13F3N4O2S/c1-10(25)11-3-2-4-13(7-11)21-15(26)9-27-16-23-22-14-6-5-12(8-24(14)16)17(18,19)20/h2-8H,9H2,1H3,(H,21,26). The summed E-state index contributed by atoms with van der Waals surface area (Å²) in [6.45, 7) is 1.42. The largest absolute Gasteiger partial charge is 0.417 e. The Morgan fingerprint density at radius 1 is 1.19 bits per heavy atom. The second-order valence-electron chi connectivity index (χ2n) is 5.60. The molecule has 0 fully saturated rings. The number of hydrogen-bond acceptors (Lipinski definition) is 5. The lowest BCUT2D eigenvalue weighted by Crippen LogP contribution is -2.14. The SMILES string of the molecule is CC(=O)c1cccc(NC(=O)CSc2nnc3ccc(C(F)(F)F)cn23)c1. The van der Waals surface area contributed by atoms with Crippen molar-refractivity contribution in [1.29, 1.82) is 0 Å². The smallest absolute Gasteiger partial charge is 0.325 e. The van der Waals surface area contributed by atoms with Crippen LogP contribution in [0.1, 0.15) is 22.8 Å². The predicted octanol–water partition coefficient (Wildman–Crippen LogP) is 3.68. The lowest BCUT2D eigenvalue weighted by molar-refractivity contribution is -0.137. The zero-order valence-electron chi connectivity index (χ0n) is 13.9. The Kier molecular flexibility index (Phi) is 5.17. The van der Waals surface area contributed by atoms with E-state index in [2.05, 4.69) is 15.5 Å². The molecule has 1 amide bonds. The number of alkyl halides is 3. The molecule has 2 heterocycles. The Labute approximate surface area is 155 Å². The Bertz CT molecular complexity index is 1020. The summed E-state index contributed by atoms with van der Waals surface area (Å²) in [6, 6.07) is 8.60. The number of carbonyl (C=O) groups excluding carboxylic acids is 2. The number of fused-ring (bicyclic) bond motifs is 1. The van der Waals surface area contributed by atoms with E-state index < -0.39 is 11.7 Å². The zero-order valence-corrected chi connectivity index (χ0v) is 14.8. The van der Waals surface area contributed by atoms with Gasteiger partial charge in [-0.15, -0.1) is 10.2 Å². The molecule has 6 nitrogen and oxygen atoms in total. The molecule has 10 heteroatoms. The van der Waals surface area contributed by atoms with Crippen LogP contribution in [0.4, 0.5) is 18.9 Å². The van der Waals surface area contributed by atoms with Gasteiger partial charge < -0.3 is 5.32 Å². The van der Waals surface area contributed by atoms with E-state index in [4.69, 9.17) is 0 Å². The molecule has 0 spiro atoms. The van der Waals surface area contributed by atoms with Crippen LogP contribution < -0.4 is 5.32 Å². The van der Waals surface area contributed by atoms with Crippen LogP contribution in [0.3, 0.4) is 0 Å². The Morgan fingerprint density at radius 2 is 1.96 bits per heavy atom. The molecular weight excluding hydrogens is 381 g/mol. The molecule has 0 saturated carbocycles. The zero-order chi connectivity index (χ0) is 19.6. The second-order valence-corrected chi connectivity index (χ2v) is 6.54. The minimum atomic E-state index is -4.49. The van der Waals surface area contributed by atoms with Gasteiger partial charge >= 0.3 is 6.18 Å². The number of pyridine rings is 1. The van der Waals surface area contributed by atoms with E-state index in [1.54, 1.807) is 24.3 Å². The predicted molar refractivity (Wildman–Crippen MR) is 93.8 cm³/mol. The van der Waals surface area contributed by atoms with Gasteiger partial charge in [0.25, 0.3) is 0 Å². The molecule has 0 aliphatic heterocycles. The van der Waals surface area contributed by atoms with Crippen LogP contribution in [-0.4, -0.2) is 32.0 Å². The monoisotopic (exact) mass is 394 g/mol. The maximum absolute atomic E-state index is 12.9. The summed E-state index contributed by atoms with van der Waals surface area (Å²) >= 11 is 0.957. The number of Topliss-reactive ketones (excluding diaryl/α,β-unsaturated/α-hetero) is 1. The summed E-state index contributed by atoms with van der Waals surface area (Å²) in [5, 5.41) is 10.4. The quantitative estimate of drug-likeness (QED) is 0.528. The fraction of sp³-hybridized carbons (Fsp3) is 0.176. The van der Waals surface area contributed by atoms with E-state index in [-0.39, 0.29) is 28.2 Å². The normalized spacial score (nSPS) is 11.6. The van der Waals surface area contributed by atoms with Gasteiger partial charge in [0.2, 0.25) is 5.91 Å². The van der Waals surface area contributed by atoms with Crippen molar-refractivity contribution in [3.05, 3.63) is 53.7 Å². The number of halogens is 3. The van der Waals surface area contributed by atoms with Gasteiger partial charge in [0.15, 0.2) is 16.6 Å². The highest BCUT2D eigenvalue weighted by Gasteiger charge is 2.31. The number of amides is 1. The van der Waals surface area contributed by atoms with Crippen molar-refractivity contribution < 1.29 is 22.8 Å². The highest BCUT2D eigenvalue weighted by molar-refractivity contribution is 7.99. The van der Waals surface area contributed by atoms with E-state index >= 15 is 0 Å². The summed E-state index contributed by atoms with van der Waals surface area (Å²) in [6.07, 6.45) is -3.59. The van der Waals surface area contributed by atoms with Crippen LogP contribution in [0.5, 0.6) is 0 Å². The first-order valence-corrected chi connectivity index (χ1v) is 8.68. The molecule has 0 radical (unpaired) electrons. The molecule has 0 saturated heterocycles. The van der Waals surface area contributed by atoms with Gasteiger partial charge in [-0.05, 0) is 31.2 Å². The molecule has 0 bridgehead atoms. The molecule has 27 heavy (non-hydrogen) atoms. The van der Waals surface area contributed by atoms with Crippen LogP contribution in [-0.2, 0) is 11.0 Å². The third-order valence-corrected chi connectivity index (χ3v) is 4.53. The van der Waals surface area contributed by atoms with E-state index in [1.807, 2.05) is 0 Å². The topological polar surface area (TPSA) is 76.4 Å². The first-order valence-electron chi connectivity index (χ1n) is 7.69. The van der Waals surface area contributed by atoms with Gasteiger partial charge in [-0.2, -0.15) is 13.2 Å². The van der Waals surface area contributed by atoms with Crippen molar-refractivity contribution in [3.63, 3.8) is 0 Å². The van der Waals surface area contributed by atoms with E-state index in [0.29, 0.717) is 11.3 Å². The average molecular weight is 394 g/mol. The molecule has 140 valence electrons. The van der Waals surface area contributed by atoms with Crippen molar-refractivity contribution in [3.8, 4) is 0 Å². The summed E-state index contributed by atoms with van der Waals surface area (Å²) < 4.78 is 39.7. The number of carbonyl (C=O) groups is 2. The molecule has 0 aliphatic rings. The highest BCUT2D eigenvalue weighted by Crippen LogP contribution is 2.30. The number of nitrogens with zero attached hydrogens (tertiary/aromatic N) is 3. The number of anilines is 1. The Balaban J connectivity index is 1.70. The summed E-state index contributed by atoms with van der Waals surface area (Å²) in [4.78, 5) is 23.5. The summed E-state index contributed by atoms with van der Waals surface area (Å²) in [5.41, 5.74) is 0.338. The molecule has 0 atom stereocenters. The Morgan fingerprint density at radius 3 is 2.67 bits per heavy atom. The van der Waals surface area contributed by atoms with Crippen molar-refractivity contribution in [2.75, 3.05) is 11.1 Å². The van der Waals surface area contributed by atoms with E-state index in [1.165, 1.54) is 17.4 Å². The number of benzene rings is 1. The maximum Gasteiger partial charge on any atom is 0.417 e. The number of aromatic nitrogens is 3. The van der Waals surface area contributed by atoms with Crippen LogP contribution in [0.2, 0.25) is 0 Å². The van der Waals surface area contributed by atoms with Crippen LogP contribution in [0.25, 0.3) is 5.65 Å². The number of hydrogen-bond donors (Lipinski definition) is 1. The molecule has 1 aromatic carbocycles. The van der Waals surface area contributed by atoms with E-state index in [0.717, 1.165) is 24.0 Å². The number of ketones is 1. The van der Waals surface area contributed by atoms with Gasteiger partial charge in [-0.3, -0.25) is 14.0 Å². The van der Waals surface area contributed by atoms with E-state index in [9.17, 15) is 22.8 Å². The lowest BCUT2D eigenvalue weighted by atomic mass is 10.1. The van der Waals surface area contributed by atoms with Gasteiger partial charge in [-0.25, -0.2) is 0 Å². The third kappa shape index (κ3) is 4.45. The average Bonchev–Trinajstić information content (AvgIpc) is 3.01. The van der Waals surface area contributed by atoms with Gasteiger partial charge in [-0.1, -0.05) is 23.9 Å². The molecule has 1 N–H and O–H groups in total. The Hall–Kier alpha value is -2.88. The highest BCUT2D eigenvalue weighted by atomic mass is 32.2. The summed E-state index contributed by atoms with van der Waals surface area (Å²) in [7, 11) is 0. The molecule has 0 aliphatic carbocycles. The van der Waals surface area contributed by atoms with Gasteiger partial charge in [0.05, 0.1) is 11.3 Å². The second kappa shape index (κ2) is 7.39. The molecule has 3 rings (SSSR count). The van der Waals surface area contributed by atoms with Crippen LogP contribution in [0.15, 0.2) is 47.8 Å². The fourth-order valence-electron chi connectivity index (χ4n) is 2.28. The van der Waals surface area contributed by atoms with Gasteiger partial charge in [0.1, 0.15) is 0 Å². The molecule has 0 unspecified atom stereocenters. The van der Waals surface area contributed by atoms with Crippen molar-refractivity contribution >= 4 is 34.8 Å². The minimum Gasteiger partial charge on any atom is -0.325 e. The third-order valence-electron chi connectivity index (χ3n) is 3.58.